The third-order valence-corrected chi connectivity index (χ3v) is 5.56. The standard InChI is InChI=1S/C18H20BrClN4O/c1-23(18-21-11-14(20)12-22-18)15-6-8-24(9-7-15)17(25)10-13-4-2-3-5-16(13)19/h2-5,11-12,15H,6-10H2,1H3. The van der Waals surface area contributed by atoms with Crippen LogP contribution < -0.4 is 4.90 Å². The maximum atomic E-state index is 12.6. The minimum Gasteiger partial charge on any atom is -0.342 e. The maximum absolute atomic E-state index is 12.6. The van der Waals surface area contributed by atoms with E-state index in [1.807, 2.05) is 36.2 Å². The normalized spacial score (nSPS) is 15.2. The third kappa shape index (κ3) is 4.50. The van der Waals surface area contributed by atoms with Crippen LogP contribution in [0.15, 0.2) is 41.1 Å². The van der Waals surface area contributed by atoms with Gasteiger partial charge in [0.2, 0.25) is 11.9 Å². The molecule has 1 aliphatic heterocycles. The Labute approximate surface area is 161 Å². The van der Waals surface area contributed by atoms with Crippen molar-refractivity contribution in [1.82, 2.24) is 14.9 Å². The number of nitrogens with zero attached hydrogens (tertiary/aromatic N) is 4. The van der Waals surface area contributed by atoms with E-state index in [1.165, 1.54) is 0 Å². The van der Waals surface area contributed by atoms with Crippen LogP contribution in [0.2, 0.25) is 5.02 Å². The fourth-order valence-corrected chi connectivity index (χ4v) is 3.59. The topological polar surface area (TPSA) is 49.3 Å². The number of carbonyl (C=O) groups excluding carboxylic acids is 1. The van der Waals surface area contributed by atoms with Gasteiger partial charge in [-0.05, 0) is 24.5 Å². The van der Waals surface area contributed by atoms with Crippen molar-refractivity contribution in [3.63, 3.8) is 0 Å². The van der Waals surface area contributed by atoms with E-state index in [-0.39, 0.29) is 5.91 Å². The molecule has 1 saturated heterocycles. The Morgan fingerprint density at radius 1 is 1.28 bits per heavy atom. The zero-order chi connectivity index (χ0) is 17.8. The molecule has 1 amide bonds. The second-order valence-electron chi connectivity index (χ2n) is 6.19. The molecule has 1 aromatic carbocycles. The first kappa shape index (κ1) is 18.1. The van der Waals surface area contributed by atoms with E-state index in [4.69, 9.17) is 11.6 Å². The van der Waals surface area contributed by atoms with E-state index < -0.39 is 0 Å². The number of rotatable bonds is 4. The molecule has 0 spiro atoms. The van der Waals surface area contributed by atoms with Crippen LogP contribution in [0.3, 0.4) is 0 Å². The molecular formula is C18H20BrClN4O. The highest BCUT2D eigenvalue weighted by Gasteiger charge is 2.26. The van der Waals surface area contributed by atoms with Crippen molar-refractivity contribution >= 4 is 39.4 Å². The van der Waals surface area contributed by atoms with Crippen molar-refractivity contribution in [2.75, 3.05) is 25.0 Å². The van der Waals surface area contributed by atoms with E-state index in [9.17, 15) is 4.79 Å². The van der Waals surface area contributed by atoms with E-state index in [0.717, 1.165) is 36.0 Å². The number of amides is 1. The van der Waals surface area contributed by atoms with Gasteiger partial charge in [-0.25, -0.2) is 9.97 Å². The lowest BCUT2D eigenvalue weighted by atomic mass is 10.0. The SMILES string of the molecule is CN(c1ncc(Cl)cn1)C1CCN(C(=O)Cc2ccccc2Br)CC1. The van der Waals surface area contributed by atoms with Gasteiger partial charge in [-0.15, -0.1) is 0 Å². The van der Waals surface area contributed by atoms with Crippen LogP contribution in [0.1, 0.15) is 18.4 Å². The van der Waals surface area contributed by atoms with Gasteiger partial charge in [0.05, 0.1) is 23.8 Å². The summed E-state index contributed by atoms with van der Waals surface area (Å²) in [5, 5.41) is 0.532. The molecule has 0 unspecified atom stereocenters. The number of aromatic nitrogens is 2. The van der Waals surface area contributed by atoms with Gasteiger partial charge in [-0.3, -0.25) is 4.79 Å². The summed E-state index contributed by atoms with van der Waals surface area (Å²) in [5.74, 6) is 0.845. The summed E-state index contributed by atoms with van der Waals surface area (Å²) in [5.41, 5.74) is 1.03. The molecule has 0 saturated carbocycles. The van der Waals surface area contributed by atoms with E-state index in [1.54, 1.807) is 12.4 Å². The predicted molar refractivity (Wildman–Crippen MR) is 103 cm³/mol. The molecule has 0 aliphatic carbocycles. The third-order valence-electron chi connectivity index (χ3n) is 4.59. The van der Waals surface area contributed by atoms with Crippen LogP contribution in [0, 0.1) is 0 Å². The largest absolute Gasteiger partial charge is 0.342 e. The van der Waals surface area contributed by atoms with Crippen LogP contribution in [-0.2, 0) is 11.2 Å². The minimum atomic E-state index is 0.177. The smallest absolute Gasteiger partial charge is 0.227 e. The van der Waals surface area contributed by atoms with Gasteiger partial charge in [-0.1, -0.05) is 45.7 Å². The van der Waals surface area contributed by atoms with Crippen molar-refractivity contribution in [3.8, 4) is 0 Å². The molecule has 0 bridgehead atoms. The molecule has 1 aromatic heterocycles. The van der Waals surface area contributed by atoms with Crippen LogP contribution in [-0.4, -0.2) is 47.0 Å². The number of likely N-dealkylation sites (tertiary alicyclic amines) is 1. The number of halogens is 2. The van der Waals surface area contributed by atoms with Crippen molar-refractivity contribution in [2.45, 2.75) is 25.3 Å². The summed E-state index contributed by atoms with van der Waals surface area (Å²) in [6.45, 7) is 1.51. The van der Waals surface area contributed by atoms with E-state index >= 15 is 0 Å². The molecular weight excluding hydrogens is 404 g/mol. The molecule has 1 aliphatic rings. The number of hydrogen-bond acceptors (Lipinski definition) is 4. The molecule has 1 fully saturated rings. The molecule has 2 heterocycles. The molecule has 25 heavy (non-hydrogen) atoms. The van der Waals surface area contributed by atoms with Crippen LogP contribution in [0.25, 0.3) is 0 Å². The van der Waals surface area contributed by atoms with Crippen LogP contribution >= 0.6 is 27.5 Å². The van der Waals surface area contributed by atoms with Crippen molar-refractivity contribution in [3.05, 3.63) is 51.7 Å². The van der Waals surface area contributed by atoms with Gasteiger partial charge in [-0.2, -0.15) is 0 Å². The van der Waals surface area contributed by atoms with Crippen molar-refractivity contribution in [2.24, 2.45) is 0 Å². The Hall–Kier alpha value is -1.66. The average Bonchev–Trinajstić information content (AvgIpc) is 2.64. The molecule has 2 aromatic rings. The second kappa shape index (κ2) is 8.15. The zero-order valence-electron chi connectivity index (χ0n) is 14.0. The molecule has 0 atom stereocenters. The summed E-state index contributed by atoms with van der Waals surface area (Å²) >= 11 is 9.35. The monoisotopic (exact) mass is 422 g/mol. The highest BCUT2D eigenvalue weighted by atomic mass is 79.9. The quantitative estimate of drug-likeness (QED) is 0.754. The lowest BCUT2D eigenvalue weighted by Crippen LogP contribution is -2.46. The summed E-state index contributed by atoms with van der Waals surface area (Å²) in [7, 11) is 1.99. The Kier molecular flexibility index (Phi) is 5.91. The minimum absolute atomic E-state index is 0.177. The lowest BCUT2D eigenvalue weighted by molar-refractivity contribution is -0.131. The van der Waals surface area contributed by atoms with Crippen molar-refractivity contribution < 1.29 is 4.79 Å². The highest BCUT2D eigenvalue weighted by Crippen LogP contribution is 2.22. The lowest BCUT2D eigenvalue weighted by Gasteiger charge is -2.36. The Morgan fingerprint density at radius 2 is 1.92 bits per heavy atom. The van der Waals surface area contributed by atoms with Gasteiger partial charge >= 0.3 is 0 Å². The van der Waals surface area contributed by atoms with Gasteiger partial charge < -0.3 is 9.80 Å². The van der Waals surface area contributed by atoms with Gasteiger partial charge in [0.1, 0.15) is 0 Å². The summed E-state index contributed by atoms with van der Waals surface area (Å²) in [6.07, 6.45) is 5.46. The zero-order valence-corrected chi connectivity index (χ0v) is 16.4. The maximum Gasteiger partial charge on any atom is 0.227 e. The fourth-order valence-electron chi connectivity index (χ4n) is 3.07. The summed E-state index contributed by atoms with van der Waals surface area (Å²) in [4.78, 5) is 25.1. The molecule has 7 heteroatoms. The van der Waals surface area contributed by atoms with E-state index in [2.05, 4.69) is 30.8 Å². The molecule has 3 rings (SSSR count). The first-order chi connectivity index (χ1) is 12.0. The Bertz CT molecular complexity index is 732. The summed E-state index contributed by atoms with van der Waals surface area (Å²) in [6, 6.07) is 8.20. The Morgan fingerprint density at radius 3 is 2.56 bits per heavy atom. The summed E-state index contributed by atoms with van der Waals surface area (Å²) < 4.78 is 0.984. The van der Waals surface area contributed by atoms with Crippen molar-refractivity contribution in [1.29, 1.82) is 0 Å². The first-order valence-electron chi connectivity index (χ1n) is 8.26. The highest BCUT2D eigenvalue weighted by molar-refractivity contribution is 9.10. The van der Waals surface area contributed by atoms with Crippen LogP contribution in [0.4, 0.5) is 5.95 Å². The van der Waals surface area contributed by atoms with E-state index in [0.29, 0.717) is 23.4 Å². The molecule has 0 N–H and O–H groups in total. The number of anilines is 1. The van der Waals surface area contributed by atoms with Gasteiger partial charge in [0.25, 0.3) is 0 Å². The first-order valence-corrected chi connectivity index (χ1v) is 9.43. The van der Waals surface area contributed by atoms with Crippen LogP contribution in [0.5, 0.6) is 0 Å². The van der Waals surface area contributed by atoms with Gasteiger partial charge in [0.15, 0.2) is 0 Å². The van der Waals surface area contributed by atoms with Gasteiger partial charge in [0, 0.05) is 30.7 Å². The Balaban J connectivity index is 1.55. The number of carbonyl (C=O) groups is 1. The molecule has 132 valence electrons. The molecule has 0 radical (unpaired) electrons. The number of piperidine rings is 1. The fraction of sp³-hybridized carbons (Fsp3) is 0.389. The number of benzene rings is 1. The predicted octanol–water partition coefficient (Wildman–Crippen LogP) is 3.56. The second-order valence-corrected chi connectivity index (χ2v) is 7.48. The average molecular weight is 424 g/mol. The molecule has 5 nitrogen and oxygen atoms in total. The number of hydrogen-bond donors (Lipinski definition) is 0.